The molecule has 2 unspecified atom stereocenters. The van der Waals surface area contributed by atoms with Crippen molar-refractivity contribution in [2.24, 2.45) is 0 Å². The van der Waals surface area contributed by atoms with E-state index in [1.807, 2.05) is 6.08 Å². The fourth-order valence-electron chi connectivity index (χ4n) is 8.43. The Bertz CT molecular complexity index is 912. The predicted molar refractivity (Wildman–Crippen MR) is 267 cm³/mol. The summed E-state index contributed by atoms with van der Waals surface area (Å²) in [6, 6.07) is -0.640. The molecule has 0 saturated heterocycles. The number of aliphatic hydroxyl groups excluding tert-OH is 2. The fourth-order valence-corrected chi connectivity index (χ4v) is 8.43. The van der Waals surface area contributed by atoms with Gasteiger partial charge in [0.15, 0.2) is 0 Å². The van der Waals surface area contributed by atoms with Crippen molar-refractivity contribution < 1.29 is 15.0 Å². The van der Waals surface area contributed by atoms with E-state index in [2.05, 4.69) is 43.5 Å². The molecule has 0 aromatic heterocycles. The molecule has 60 heavy (non-hydrogen) atoms. The van der Waals surface area contributed by atoms with Gasteiger partial charge in [-0.15, -0.1) is 0 Å². The zero-order valence-electron chi connectivity index (χ0n) is 40.7. The van der Waals surface area contributed by atoms with Gasteiger partial charge in [-0.1, -0.05) is 269 Å². The van der Waals surface area contributed by atoms with Crippen LogP contribution in [-0.2, 0) is 4.79 Å². The topological polar surface area (TPSA) is 69.6 Å². The first-order chi connectivity index (χ1) is 29.7. The molecule has 4 heteroatoms. The number of rotatable bonds is 50. The maximum Gasteiger partial charge on any atom is 0.220 e. The number of hydrogen-bond acceptors (Lipinski definition) is 3. The molecule has 354 valence electrons. The van der Waals surface area contributed by atoms with Gasteiger partial charge in [-0.05, 0) is 57.8 Å². The van der Waals surface area contributed by atoms with E-state index in [4.69, 9.17) is 0 Å². The molecule has 1 amide bonds. The number of carbonyl (C=O) groups excluding carboxylic acids is 1. The third-order valence-corrected chi connectivity index (χ3v) is 12.6. The van der Waals surface area contributed by atoms with Crippen LogP contribution in [0.3, 0.4) is 0 Å². The van der Waals surface area contributed by atoms with Crippen LogP contribution < -0.4 is 5.32 Å². The minimum Gasteiger partial charge on any atom is -0.394 e. The Morgan fingerprint density at radius 2 is 0.650 bits per heavy atom. The summed E-state index contributed by atoms with van der Waals surface area (Å²) in [5, 5.41) is 23.1. The van der Waals surface area contributed by atoms with Crippen LogP contribution in [0.15, 0.2) is 36.5 Å². The summed E-state index contributed by atoms with van der Waals surface area (Å²) in [5.74, 6) is -0.0723. The molecule has 0 aliphatic rings. The molecular weight excluding hydrogens is 735 g/mol. The molecule has 0 aromatic rings. The Morgan fingerprint density at radius 3 is 0.967 bits per heavy atom. The molecule has 2 atom stereocenters. The minimum atomic E-state index is -0.863. The number of unbranched alkanes of at least 4 members (excludes halogenated alkanes) is 39. The molecule has 0 aromatic carbocycles. The molecule has 0 bridgehead atoms. The maximum absolute atomic E-state index is 12.5. The highest BCUT2D eigenvalue weighted by Gasteiger charge is 2.18. The van der Waals surface area contributed by atoms with Crippen LogP contribution in [-0.4, -0.2) is 34.9 Å². The van der Waals surface area contributed by atoms with Crippen molar-refractivity contribution >= 4 is 5.91 Å². The number of hydrogen-bond donors (Lipinski definition) is 3. The highest BCUT2D eigenvalue weighted by atomic mass is 16.3. The average Bonchev–Trinajstić information content (AvgIpc) is 3.25. The van der Waals surface area contributed by atoms with Crippen LogP contribution in [0.4, 0.5) is 0 Å². The molecule has 0 heterocycles. The van der Waals surface area contributed by atoms with E-state index in [0.29, 0.717) is 6.42 Å². The van der Waals surface area contributed by atoms with E-state index >= 15 is 0 Å². The first kappa shape index (κ1) is 58.6. The summed E-state index contributed by atoms with van der Waals surface area (Å²) in [4.78, 5) is 12.5. The molecule has 4 nitrogen and oxygen atoms in total. The van der Waals surface area contributed by atoms with Gasteiger partial charge in [-0.25, -0.2) is 0 Å². The van der Waals surface area contributed by atoms with Crippen molar-refractivity contribution in [3.8, 4) is 0 Å². The van der Waals surface area contributed by atoms with Gasteiger partial charge in [0, 0.05) is 6.42 Å². The molecule has 0 aliphatic heterocycles. The molecular formula is C56H107NO3. The normalized spacial score (nSPS) is 13.1. The summed E-state index contributed by atoms with van der Waals surface area (Å²) in [5.41, 5.74) is 0. The fraction of sp³-hybridized carbons (Fsp3) is 0.875. The van der Waals surface area contributed by atoms with Crippen LogP contribution in [0.2, 0.25) is 0 Å². The summed E-state index contributed by atoms with van der Waals surface area (Å²) in [6.07, 6.45) is 70.1. The highest BCUT2D eigenvalue weighted by Crippen LogP contribution is 2.16. The van der Waals surface area contributed by atoms with Crippen molar-refractivity contribution in [3.63, 3.8) is 0 Å². The zero-order chi connectivity index (χ0) is 43.5. The van der Waals surface area contributed by atoms with E-state index in [-0.39, 0.29) is 12.5 Å². The van der Waals surface area contributed by atoms with Gasteiger partial charge in [0.25, 0.3) is 0 Å². The molecule has 0 fully saturated rings. The van der Waals surface area contributed by atoms with Gasteiger partial charge < -0.3 is 15.5 Å². The van der Waals surface area contributed by atoms with E-state index in [1.54, 1.807) is 6.08 Å². The van der Waals surface area contributed by atoms with Crippen LogP contribution in [0.1, 0.15) is 296 Å². The highest BCUT2D eigenvalue weighted by molar-refractivity contribution is 5.76. The van der Waals surface area contributed by atoms with Crippen molar-refractivity contribution in [1.82, 2.24) is 5.32 Å². The van der Waals surface area contributed by atoms with Crippen LogP contribution in [0.5, 0.6) is 0 Å². The Kier molecular flexibility index (Phi) is 50.8. The van der Waals surface area contributed by atoms with Crippen LogP contribution in [0, 0.1) is 0 Å². The second-order valence-electron chi connectivity index (χ2n) is 18.6. The van der Waals surface area contributed by atoms with Gasteiger partial charge >= 0.3 is 0 Å². The van der Waals surface area contributed by atoms with Crippen molar-refractivity contribution in [2.75, 3.05) is 6.61 Å². The lowest BCUT2D eigenvalue weighted by atomic mass is 10.0. The van der Waals surface area contributed by atoms with Gasteiger partial charge in [-0.3, -0.25) is 4.79 Å². The van der Waals surface area contributed by atoms with E-state index in [1.165, 1.54) is 244 Å². The summed E-state index contributed by atoms with van der Waals surface area (Å²) in [7, 11) is 0. The molecule has 0 aliphatic carbocycles. The number of amides is 1. The Balaban J connectivity index is 3.53. The molecule has 0 saturated carbocycles. The van der Waals surface area contributed by atoms with Crippen LogP contribution in [0.25, 0.3) is 0 Å². The third kappa shape index (κ3) is 47.7. The molecule has 0 spiro atoms. The third-order valence-electron chi connectivity index (χ3n) is 12.6. The lowest BCUT2D eigenvalue weighted by molar-refractivity contribution is -0.123. The standard InChI is InChI=1S/C56H107NO3/c1-3-5-7-9-11-13-15-17-19-21-23-25-27-28-30-32-34-36-38-40-42-44-46-48-50-52-56(60)57-54(53-58)55(59)51-49-47-45-43-41-39-37-35-33-31-29-26-24-22-20-18-16-14-12-10-8-6-4-2/h28,30,41,43,49,51,54-55,58-59H,3-27,29,31-40,42,44-48,50,52-53H2,1-2H3,(H,57,60)/b30-28-,43-41+,51-49+. The van der Waals surface area contributed by atoms with Crippen molar-refractivity contribution in [1.29, 1.82) is 0 Å². The Hall–Kier alpha value is -1.39. The maximum atomic E-state index is 12.5. The van der Waals surface area contributed by atoms with Crippen molar-refractivity contribution in [3.05, 3.63) is 36.5 Å². The van der Waals surface area contributed by atoms with E-state index < -0.39 is 12.1 Å². The summed E-state index contributed by atoms with van der Waals surface area (Å²) in [6.45, 7) is 4.33. The van der Waals surface area contributed by atoms with E-state index in [9.17, 15) is 15.0 Å². The smallest absolute Gasteiger partial charge is 0.220 e. The first-order valence-electron chi connectivity index (χ1n) is 27.2. The monoisotopic (exact) mass is 842 g/mol. The minimum absolute atomic E-state index is 0.0723. The quantitative estimate of drug-likeness (QED) is 0.0422. The lowest BCUT2D eigenvalue weighted by Crippen LogP contribution is -2.45. The number of nitrogens with one attached hydrogen (secondary N) is 1. The predicted octanol–water partition coefficient (Wildman–Crippen LogP) is 17.7. The largest absolute Gasteiger partial charge is 0.394 e. The van der Waals surface area contributed by atoms with Gasteiger partial charge in [-0.2, -0.15) is 0 Å². The Labute approximate surface area is 376 Å². The van der Waals surface area contributed by atoms with Gasteiger partial charge in [0.1, 0.15) is 0 Å². The zero-order valence-corrected chi connectivity index (χ0v) is 40.7. The number of allylic oxidation sites excluding steroid dienone is 5. The molecule has 3 N–H and O–H groups in total. The van der Waals surface area contributed by atoms with Crippen LogP contribution >= 0.6 is 0 Å². The molecule has 0 rings (SSSR count). The summed E-state index contributed by atoms with van der Waals surface area (Å²) < 4.78 is 0. The SMILES string of the molecule is CCCCCCCCCCCCCC/C=C\CCCCCCCCCCCC(=O)NC(CO)C(O)/C=C/CC/C=C/CCCCCCCCCCCCCCCCCCC. The van der Waals surface area contributed by atoms with E-state index in [0.717, 1.165) is 32.1 Å². The summed E-state index contributed by atoms with van der Waals surface area (Å²) >= 11 is 0. The average molecular weight is 842 g/mol. The van der Waals surface area contributed by atoms with Crippen molar-refractivity contribution in [2.45, 2.75) is 309 Å². The van der Waals surface area contributed by atoms with Gasteiger partial charge in [0.05, 0.1) is 18.8 Å². The van der Waals surface area contributed by atoms with Gasteiger partial charge in [0.2, 0.25) is 5.91 Å². The first-order valence-corrected chi connectivity index (χ1v) is 27.2. The number of aliphatic hydroxyl groups is 2. The number of carbonyl (C=O) groups is 1. The second-order valence-corrected chi connectivity index (χ2v) is 18.6. The Morgan fingerprint density at radius 1 is 0.383 bits per heavy atom. The lowest BCUT2D eigenvalue weighted by Gasteiger charge is -2.19. The molecule has 0 radical (unpaired) electrons. The second kappa shape index (κ2) is 52.0.